The molecule has 3 rings (SSSR count). The van der Waals surface area contributed by atoms with Crippen LogP contribution in [0.1, 0.15) is 16.5 Å². The lowest BCUT2D eigenvalue weighted by atomic mass is 10.1. The van der Waals surface area contributed by atoms with Crippen molar-refractivity contribution < 1.29 is 4.79 Å². The lowest BCUT2D eigenvalue weighted by Crippen LogP contribution is -2.39. The average molecular weight is 342 g/mol. The van der Waals surface area contributed by atoms with Crippen LogP contribution >= 0.6 is 11.3 Å². The van der Waals surface area contributed by atoms with Crippen molar-refractivity contribution in [3.63, 3.8) is 0 Å². The van der Waals surface area contributed by atoms with Crippen LogP contribution in [0.4, 0.5) is 17.1 Å². The summed E-state index contributed by atoms with van der Waals surface area (Å²) in [6.07, 6.45) is 3.12. The molecule has 7 nitrogen and oxygen atoms in total. The number of amides is 1. The molecule has 0 saturated heterocycles. The molecule has 3 aromatic rings. The second kappa shape index (κ2) is 6.25. The van der Waals surface area contributed by atoms with Crippen LogP contribution in [0.25, 0.3) is 0 Å². The molecule has 0 fully saturated rings. The number of primary amides is 1. The summed E-state index contributed by atoms with van der Waals surface area (Å²) in [5.74, 6) is -0.622. The van der Waals surface area contributed by atoms with E-state index in [4.69, 9.17) is 5.73 Å². The fourth-order valence-corrected chi connectivity index (χ4v) is 3.30. The summed E-state index contributed by atoms with van der Waals surface area (Å²) in [6.45, 7) is 1.85. The number of thiophene rings is 1. The Balaban J connectivity index is 1.91. The van der Waals surface area contributed by atoms with Crippen LogP contribution in [0.3, 0.4) is 0 Å². The van der Waals surface area contributed by atoms with Gasteiger partial charge in [0, 0.05) is 23.0 Å². The quantitative estimate of drug-likeness (QED) is 0.584. The first-order chi connectivity index (χ1) is 11.5. The van der Waals surface area contributed by atoms with Crippen LogP contribution in [-0.4, -0.2) is 10.9 Å². The van der Waals surface area contributed by atoms with Crippen LogP contribution < -0.4 is 27.2 Å². The third-order valence-electron chi connectivity index (χ3n) is 3.60. The Morgan fingerprint density at radius 1 is 1.17 bits per heavy atom. The minimum absolute atomic E-state index is 0.0633. The van der Waals surface area contributed by atoms with Crippen LogP contribution in [0.5, 0.6) is 0 Å². The van der Waals surface area contributed by atoms with Gasteiger partial charge in [-0.15, -0.1) is 11.3 Å². The molecule has 0 saturated carbocycles. The molecule has 24 heavy (non-hydrogen) atoms. The van der Waals surface area contributed by atoms with Gasteiger partial charge in [0.25, 0.3) is 10.9 Å². The number of nitrogens with two attached hydrogens (primary N) is 1. The lowest BCUT2D eigenvalue weighted by Gasteiger charge is -2.20. The molecule has 0 radical (unpaired) electrons. The zero-order chi connectivity index (χ0) is 17.3. The number of nitrogens with zero attached hydrogens (tertiary/aromatic N) is 1. The standard InChI is InChI=1S/C16H14N4O3S/c1-8-4-7-24-15(8)12(16(17)23)20-11-10(13(21)14(11)22)19-9-2-5-18-6-3-9/h2-7,12,20H,1H3,(H2,17,23)(H,18,19). The molecule has 4 N–H and O–H groups in total. The SMILES string of the molecule is Cc1ccsc1C(Nc1c(Nc2ccncc2)c(=O)c1=O)C(N)=O. The van der Waals surface area contributed by atoms with Crippen molar-refractivity contribution in [3.8, 4) is 0 Å². The van der Waals surface area contributed by atoms with Crippen molar-refractivity contribution in [2.45, 2.75) is 13.0 Å². The molecule has 2 aromatic heterocycles. The molecule has 0 bridgehead atoms. The Hall–Kier alpha value is -3.00. The van der Waals surface area contributed by atoms with Gasteiger partial charge in [-0.25, -0.2) is 0 Å². The molecule has 8 heteroatoms. The van der Waals surface area contributed by atoms with Crippen LogP contribution in [0.2, 0.25) is 0 Å². The number of aromatic nitrogens is 1. The maximum Gasteiger partial charge on any atom is 0.253 e. The number of hydrogen-bond acceptors (Lipinski definition) is 7. The molecule has 2 heterocycles. The minimum Gasteiger partial charge on any atom is -0.368 e. The van der Waals surface area contributed by atoms with Gasteiger partial charge < -0.3 is 16.4 Å². The van der Waals surface area contributed by atoms with Gasteiger partial charge >= 0.3 is 0 Å². The molecule has 0 spiro atoms. The maximum atomic E-state index is 11.9. The first-order valence-electron chi connectivity index (χ1n) is 7.09. The molecule has 0 aliphatic heterocycles. The molecular formula is C16H14N4O3S. The van der Waals surface area contributed by atoms with E-state index in [1.807, 2.05) is 18.4 Å². The number of hydrogen-bond donors (Lipinski definition) is 3. The van der Waals surface area contributed by atoms with E-state index >= 15 is 0 Å². The van der Waals surface area contributed by atoms with E-state index in [1.54, 1.807) is 24.5 Å². The number of carbonyl (C=O) groups is 1. The van der Waals surface area contributed by atoms with E-state index in [0.29, 0.717) is 10.6 Å². The second-order valence-electron chi connectivity index (χ2n) is 5.22. The number of nitrogens with one attached hydrogen (secondary N) is 2. The molecule has 1 atom stereocenters. The molecular weight excluding hydrogens is 328 g/mol. The second-order valence-corrected chi connectivity index (χ2v) is 6.16. The summed E-state index contributed by atoms with van der Waals surface area (Å²) in [5.41, 5.74) is 5.83. The van der Waals surface area contributed by atoms with Crippen molar-refractivity contribution >= 4 is 34.3 Å². The Kier molecular flexibility index (Phi) is 4.13. The van der Waals surface area contributed by atoms with E-state index in [1.165, 1.54) is 11.3 Å². The Bertz CT molecular complexity index is 958. The predicted octanol–water partition coefficient (Wildman–Crippen LogP) is 1.43. The van der Waals surface area contributed by atoms with E-state index in [2.05, 4.69) is 15.6 Å². The van der Waals surface area contributed by atoms with Gasteiger partial charge in [-0.05, 0) is 36.1 Å². The fraction of sp³-hybridized carbons (Fsp3) is 0.125. The minimum atomic E-state index is -0.869. The normalized spacial score (nSPS) is 12.0. The zero-order valence-electron chi connectivity index (χ0n) is 12.7. The van der Waals surface area contributed by atoms with Gasteiger partial charge in [-0.3, -0.25) is 19.4 Å². The first-order valence-corrected chi connectivity index (χ1v) is 7.97. The topological polar surface area (TPSA) is 114 Å². The predicted molar refractivity (Wildman–Crippen MR) is 93.5 cm³/mol. The highest BCUT2D eigenvalue weighted by Crippen LogP contribution is 2.29. The summed E-state index contributed by atoms with van der Waals surface area (Å²) >= 11 is 1.36. The molecule has 1 aromatic carbocycles. The summed E-state index contributed by atoms with van der Waals surface area (Å²) in [6, 6.07) is 4.31. The van der Waals surface area contributed by atoms with Crippen LogP contribution in [0, 0.1) is 6.92 Å². The number of aryl methyl sites for hydroxylation is 1. The highest BCUT2D eigenvalue weighted by Gasteiger charge is 2.28. The van der Waals surface area contributed by atoms with Gasteiger partial charge in [0.2, 0.25) is 5.91 Å². The van der Waals surface area contributed by atoms with Crippen molar-refractivity contribution in [1.82, 2.24) is 4.98 Å². The summed E-state index contributed by atoms with van der Waals surface area (Å²) in [4.78, 5) is 40.1. The van der Waals surface area contributed by atoms with Gasteiger partial charge in [0.1, 0.15) is 17.4 Å². The Morgan fingerprint density at radius 2 is 1.83 bits per heavy atom. The number of rotatable bonds is 6. The first kappa shape index (κ1) is 15.9. The van der Waals surface area contributed by atoms with Crippen molar-refractivity contribution in [3.05, 3.63) is 66.9 Å². The molecule has 1 amide bonds. The number of carbonyl (C=O) groups excluding carboxylic acids is 1. The smallest absolute Gasteiger partial charge is 0.253 e. The zero-order valence-corrected chi connectivity index (χ0v) is 13.5. The van der Waals surface area contributed by atoms with Crippen molar-refractivity contribution in [1.29, 1.82) is 0 Å². The highest BCUT2D eigenvalue weighted by atomic mass is 32.1. The van der Waals surface area contributed by atoms with E-state index < -0.39 is 22.8 Å². The van der Waals surface area contributed by atoms with Gasteiger partial charge in [-0.2, -0.15) is 0 Å². The monoisotopic (exact) mass is 342 g/mol. The Morgan fingerprint density at radius 3 is 2.42 bits per heavy atom. The molecule has 0 aliphatic rings. The fourth-order valence-electron chi connectivity index (χ4n) is 2.32. The van der Waals surface area contributed by atoms with Crippen molar-refractivity contribution in [2.75, 3.05) is 10.6 Å². The summed E-state index contributed by atoms with van der Waals surface area (Å²) in [7, 11) is 0. The summed E-state index contributed by atoms with van der Waals surface area (Å²) < 4.78 is 0. The van der Waals surface area contributed by atoms with E-state index in [-0.39, 0.29) is 11.4 Å². The highest BCUT2D eigenvalue weighted by molar-refractivity contribution is 7.10. The molecule has 122 valence electrons. The van der Waals surface area contributed by atoms with Gasteiger partial charge in [-0.1, -0.05) is 0 Å². The lowest BCUT2D eigenvalue weighted by molar-refractivity contribution is -0.118. The van der Waals surface area contributed by atoms with Gasteiger partial charge in [0.05, 0.1) is 0 Å². The third-order valence-corrected chi connectivity index (χ3v) is 4.68. The summed E-state index contributed by atoms with van der Waals surface area (Å²) in [5, 5.41) is 7.52. The van der Waals surface area contributed by atoms with E-state index in [9.17, 15) is 14.4 Å². The Labute approximate surface area is 140 Å². The largest absolute Gasteiger partial charge is 0.368 e. The third kappa shape index (κ3) is 2.79. The number of anilines is 3. The van der Waals surface area contributed by atoms with Crippen LogP contribution in [-0.2, 0) is 4.79 Å². The molecule has 0 aliphatic carbocycles. The van der Waals surface area contributed by atoms with Crippen molar-refractivity contribution in [2.24, 2.45) is 5.73 Å². The molecule has 1 unspecified atom stereocenters. The van der Waals surface area contributed by atoms with E-state index in [0.717, 1.165) is 5.56 Å². The van der Waals surface area contributed by atoms with Crippen LogP contribution in [0.15, 0.2) is 45.6 Å². The van der Waals surface area contributed by atoms with Gasteiger partial charge in [0.15, 0.2) is 0 Å². The maximum absolute atomic E-state index is 11.9. The number of pyridine rings is 1. The average Bonchev–Trinajstić information content (AvgIpc) is 3.00.